The highest BCUT2D eigenvalue weighted by Crippen LogP contribution is 2.30. The first-order chi connectivity index (χ1) is 9.40. The van der Waals surface area contributed by atoms with Gasteiger partial charge in [-0.2, -0.15) is 0 Å². The molecule has 4 heteroatoms. The van der Waals surface area contributed by atoms with Crippen LogP contribution >= 0.6 is 27.5 Å². The third kappa shape index (κ3) is 3.74. The minimum atomic E-state index is 0.0851. The van der Waals surface area contributed by atoms with Crippen molar-refractivity contribution in [2.45, 2.75) is 32.1 Å². The molecule has 2 nitrogen and oxygen atoms in total. The number of nitrogens with zero attached hydrogens (tertiary/aromatic N) is 1. The standard InChI is InChI=1S/C16H17BrClNO/c1-16(2,3)12-5-4-6-14(8-12)20-15-11(9-18)7-13(17)10-19-15/h4-8,10H,9H2,1-3H3. The summed E-state index contributed by atoms with van der Waals surface area (Å²) in [5, 5.41) is 0. The Hall–Kier alpha value is -1.06. The predicted octanol–water partition coefficient (Wildman–Crippen LogP) is 5.67. The van der Waals surface area contributed by atoms with Crippen LogP contribution in [0, 0.1) is 0 Å². The minimum absolute atomic E-state index is 0.0851. The second kappa shape index (κ2) is 6.15. The van der Waals surface area contributed by atoms with Crippen LogP contribution in [0.25, 0.3) is 0 Å². The number of hydrogen-bond donors (Lipinski definition) is 0. The zero-order valence-corrected chi connectivity index (χ0v) is 14.1. The Morgan fingerprint density at radius 2 is 2.00 bits per heavy atom. The molecule has 0 aliphatic carbocycles. The van der Waals surface area contributed by atoms with E-state index in [1.807, 2.05) is 24.3 Å². The largest absolute Gasteiger partial charge is 0.439 e. The lowest BCUT2D eigenvalue weighted by Crippen LogP contribution is -2.10. The highest BCUT2D eigenvalue weighted by molar-refractivity contribution is 9.10. The molecule has 1 aromatic carbocycles. The molecule has 20 heavy (non-hydrogen) atoms. The molecule has 106 valence electrons. The number of halogens is 2. The van der Waals surface area contributed by atoms with Crippen LogP contribution in [-0.2, 0) is 11.3 Å². The number of aromatic nitrogens is 1. The molecule has 1 aromatic heterocycles. The lowest BCUT2D eigenvalue weighted by atomic mass is 9.87. The number of rotatable bonds is 3. The van der Waals surface area contributed by atoms with Gasteiger partial charge in [0, 0.05) is 16.2 Å². The average molecular weight is 355 g/mol. The highest BCUT2D eigenvalue weighted by atomic mass is 79.9. The molecule has 0 aliphatic rings. The van der Waals surface area contributed by atoms with E-state index in [0.717, 1.165) is 15.8 Å². The van der Waals surface area contributed by atoms with Gasteiger partial charge in [0.2, 0.25) is 5.88 Å². The van der Waals surface area contributed by atoms with Crippen LogP contribution in [0.1, 0.15) is 31.9 Å². The molecule has 2 aromatic rings. The van der Waals surface area contributed by atoms with Crippen molar-refractivity contribution in [3.8, 4) is 11.6 Å². The summed E-state index contributed by atoms with van der Waals surface area (Å²) in [4.78, 5) is 4.28. The molecule has 0 amide bonds. The summed E-state index contributed by atoms with van der Waals surface area (Å²) in [5.74, 6) is 1.69. The van der Waals surface area contributed by atoms with Crippen molar-refractivity contribution in [3.05, 3.63) is 52.1 Å². The maximum atomic E-state index is 5.93. The Kier molecular flexibility index (Phi) is 4.71. The Bertz CT molecular complexity index is 608. The Morgan fingerprint density at radius 1 is 1.25 bits per heavy atom. The van der Waals surface area contributed by atoms with Crippen LogP contribution in [0.5, 0.6) is 11.6 Å². The van der Waals surface area contributed by atoms with Gasteiger partial charge in [-0.3, -0.25) is 0 Å². The quantitative estimate of drug-likeness (QED) is 0.662. The molecule has 0 N–H and O–H groups in total. The molecular formula is C16H17BrClNO. The monoisotopic (exact) mass is 353 g/mol. The fourth-order valence-electron chi connectivity index (χ4n) is 1.79. The van der Waals surface area contributed by atoms with Crippen molar-refractivity contribution in [1.29, 1.82) is 0 Å². The summed E-state index contributed by atoms with van der Waals surface area (Å²) in [6, 6.07) is 9.99. The number of pyridine rings is 1. The zero-order valence-electron chi connectivity index (χ0n) is 11.8. The first-order valence-corrected chi connectivity index (χ1v) is 7.71. The summed E-state index contributed by atoms with van der Waals surface area (Å²) >= 11 is 9.32. The fourth-order valence-corrected chi connectivity index (χ4v) is 2.36. The number of alkyl halides is 1. The SMILES string of the molecule is CC(C)(C)c1cccc(Oc2ncc(Br)cc2CCl)c1. The molecule has 0 spiro atoms. The van der Waals surface area contributed by atoms with E-state index in [0.29, 0.717) is 11.8 Å². The second-order valence-corrected chi connectivity index (χ2v) is 6.81. The zero-order chi connectivity index (χ0) is 14.8. The molecule has 2 rings (SSSR count). The van der Waals surface area contributed by atoms with Crippen LogP contribution < -0.4 is 4.74 Å². The van der Waals surface area contributed by atoms with E-state index in [9.17, 15) is 0 Å². The maximum absolute atomic E-state index is 5.93. The Labute approximate surface area is 133 Å². The molecule has 0 atom stereocenters. The van der Waals surface area contributed by atoms with Gasteiger partial charge in [-0.1, -0.05) is 32.9 Å². The summed E-state index contributed by atoms with van der Waals surface area (Å²) in [5.41, 5.74) is 2.17. The van der Waals surface area contributed by atoms with E-state index < -0.39 is 0 Å². The lowest BCUT2D eigenvalue weighted by Gasteiger charge is -2.19. The molecule has 0 unspecified atom stereocenters. The molecule has 0 bridgehead atoms. The average Bonchev–Trinajstić information content (AvgIpc) is 2.40. The van der Waals surface area contributed by atoms with Crippen LogP contribution in [0.2, 0.25) is 0 Å². The third-order valence-corrected chi connectivity index (χ3v) is 3.67. The highest BCUT2D eigenvalue weighted by Gasteiger charge is 2.15. The van der Waals surface area contributed by atoms with Crippen molar-refractivity contribution in [1.82, 2.24) is 4.98 Å². The van der Waals surface area contributed by atoms with Crippen molar-refractivity contribution in [2.75, 3.05) is 0 Å². The lowest BCUT2D eigenvalue weighted by molar-refractivity contribution is 0.455. The Balaban J connectivity index is 2.31. The molecule has 0 saturated heterocycles. The topological polar surface area (TPSA) is 22.1 Å². The van der Waals surface area contributed by atoms with E-state index in [-0.39, 0.29) is 5.41 Å². The maximum Gasteiger partial charge on any atom is 0.223 e. The first kappa shape index (κ1) is 15.3. The van der Waals surface area contributed by atoms with E-state index >= 15 is 0 Å². The summed E-state index contributed by atoms with van der Waals surface area (Å²) in [7, 11) is 0. The van der Waals surface area contributed by atoms with Crippen molar-refractivity contribution >= 4 is 27.5 Å². The number of ether oxygens (including phenoxy) is 1. The van der Waals surface area contributed by atoms with E-state index in [1.54, 1.807) is 6.20 Å². The van der Waals surface area contributed by atoms with Gasteiger partial charge in [-0.15, -0.1) is 11.6 Å². The van der Waals surface area contributed by atoms with Gasteiger partial charge in [0.25, 0.3) is 0 Å². The smallest absolute Gasteiger partial charge is 0.223 e. The predicted molar refractivity (Wildman–Crippen MR) is 86.7 cm³/mol. The van der Waals surface area contributed by atoms with Gasteiger partial charge >= 0.3 is 0 Å². The van der Waals surface area contributed by atoms with Crippen LogP contribution in [0.3, 0.4) is 0 Å². The molecule has 0 aliphatic heterocycles. The fraction of sp³-hybridized carbons (Fsp3) is 0.312. The van der Waals surface area contributed by atoms with Gasteiger partial charge in [-0.25, -0.2) is 4.98 Å². The molecule has 0 radical (unpaired) electrons. The normalized spacial score (nSPS) is 11.4. The minimum Gasteiger partial charge on any atom is -0.439 e. The summed E-state index contributed by atoms with van der Waals surface area (Å²) < 4.78 is 6.77. The number of benzene rings is 1. The van der Waals surface area contributed by atoms with E-state index in [4.69, 9.17) is 16.3 Å². The molecule has 0 fully saturated rings. The van der Waals surface area contributed by atoms with Crippen LogP contribution in [0.15, 0.2) is 41.0 Å². The van der Waals surface area contributed by atoms with Gasteiger partial charge < -0.3 is 4.74 Å². The third-order valence-electron chi connectivity index (χ3n) is 2.95. The Morgan fingerprint density at radius 3 is 2.65 bits per heavy atom. The van der Waals surface area contributed by atoms with E-state index in [2.05, 4.69) is 47.8 Å². The van der Waals surface area contributed by atoms with Gasteiger partial charge in [0.15, 0.2) is 0 Å². The number of hydrogen-bond acceptors (Lipinski definition) is 2. The van der Waals surface area contributed by atoms with Crippen LogP contribution in [-0.4, -0.2) is 4.98 Å². The van der Waals surface area contributed by atoms with Crippen molar-refractivity contribution < 1.29 is 4.74 Å². The molecule has 0 saturated carbocycles. The molecular weight excluding hydrogens is 338 g/mol. The molecule has 1 heterocycles. The van der Waals surface area contributed by atoms with Gasteiger partial charge in [0.05, 0.1) is 5.88 Å². The van der Waals surface area contributed by atoms with Gasteiger partial charge in [0.1, 0.15) is 5.75 Å². The summed E-state index contributed by atoms with van der Waals surface area (Å²) in [6.07, 6.45) is 1.71. The van der Waals surface area contributed by atoms with Gasteiger partial charge in [-0.05, 0) is 45.1 Å². The van der Waals surface area contributed by atoms with Crippen molar-refractivity contribution in [2.24, 2.45) is 0 Å². The first-order valence-electron chi connectivity index (χ1n) is 6.39. The van der Waals surface area contributed by atoms with Crippen LogP contribution in [0.4, 0.5) is 0 Å². The summed E-state index contributed by atoms with van der Waals surface area (Å²) in [6.45, 7) is 6.52. The second-order valence-electron chi connectivity index (χ2n) is 5.63. The van der Waals surface area contributed by atoms with E-state index in [1.165, 1.54) is 5.56 Å². The van der Waals surface area contributed by atoms with Crippen molar-refractivity contribution in [3.63, 3.8) is 0 Å².